The van der Waals surface area contributed by atoms with Gasteiger partial charge < -0.3 is 0 Å². The molecule has 0 heterocycles. The predicted molar refractivity (Wildman–Crippen MR) is 59.2 cm³/mol. The first kappa shape index (κ1) is 11.5. The van der Waals surface area contributed by atoms with Gasteiger partial charge in [0.1, 0.15) is 10.4 Å². The third-order valence-corrected chi connectivity index (χ3v) is 3.84. The summed E-state index contributed by atoms with van der Waals surface area (Å²) in [7, 11) is -1.74. The molecule has 0 aliphatic rings. The van der Waals surface area contributed by atoms with Gasteiger partial charge in [-0.25, -0.2) is 4.21 Å². The van der Waals surface area contributed by atoms with Crippen molar-refractivity contribution in [3.8, 4) is 0 Å². The largest absolute Gasteiger partial charge is 0.264 e. The van der Waals surface area contributed by atoms with Gasteiger partial charge in [-0.15, -0.1) is 0 Å². The maximum absolute atomic E-state index is 11.2. The van der Waals surface area contributed by atoms with E-state index in [0.29, 0.717) is 4.90 Å². The van der Waals surface area contributed by atoms with Crippen LogP contribution in [-0.2, 0) is 20.4 Å². The average molecular weight is 228 g/mol. The standard InChI is InChI=1S/C10H13O2PS/c1-10(2,3)8-4-6-9(7-5-8)14(12)13-11/h4-7H,1-3H3. The van der Waals surface area contributed by atoms with Crippen LogP contribution in [0.1, 0.15) is 26.3 Å². The quantitative estimate of drug-likeness (QED) is 0.728. The van der Waals surface area contributed by atoms with E-state index in [1.165, 1.54) is 5.56 Å². The Morgan fingerprint density at radius 3 is 2.00 bits per heavy atom. The van der Waals surface area contributed by atoms with Gasteiger partial charge in [-0.05, 0) is 23.1 Å². The van der Waals surface area contributed by atoms with Gasteiger partial charge in [0.25, 0.3) is 7.66 Å². The van der Waals surface area contributed by atoms with Crippen LogP contribution in [0.25, 0.3) is 0 Å². The molecule has 0 bridgehead atoms. The van der Waals surface area contributed by atoms with Crippen molar-refractivity contribution >= 4 is 18.1 Å². The van der Waals surface area contributed by atoms with Gasteiger partial charge in [0, 0.05) is 0 Å². The van der Waals surface area contributed by atoms with Gasteiger partial charge in [0.05, 0.1) is 4.90 Å². The van der Waals surface area contributed by atoms with Gasteiger partial charge in [-0.3, -0.25) is 4.57 Å². The Bertz CT molecular complexity index is 351. The van der Waals surface area contributed by atoms with Crippen molar-refractivity contribution in [1.29, 1.82) is 0 Å². The van der Waals surface area contributed by atoms with Gasteiger partial charge >= 0.3 is 0 Å². The monoisotopic (exact) mass is 228 g/mol. The third-order valence-electron chi connectivity index (χ3n) is 1.99. The van der Waals surface area contributed by atoms with Gasteiger partial charge in [-0.2, -0.15) is 0 Å². The zero-order valence-corrected chi connectivity index (χ0v) is 10.2. The zero-order chi connectivity index (χ0) is 10.8. The second-order valence-corrected chi connectivity index (χ2v) is 6.66. The molecule has 14 heavy (non-hydrogen) atoms. The number of rotatable bonds is 2. The Labute approximate surface area is 88.1 Å². The summed E-state index contributed by atoms with van der Waals surface area (Å²) in [4.78, 5) is 0.606. The first-order valence-electron chi connectivity index (χ1n) is 4.31. The molecule has 1 aromatic rings. The molecule has 0 saturated heterocycles. The number of hydrogen-bond acceptors (Lipinski definition) is 2. The molecule has 0 fully saturated rings. The smallest absolute Gasteiger partial charge is 0.259 e. The molecule has 76 valence electrons. The summed E-state index contributed by atoms with van der Waals surface area (Å²) in [6.07, 6.45) is 0. The summed E-state index contributed by atoms with van der Waals surface area (Å²) >= 11 is 0. The van der Waals surface area contributed by atoms with Crippen molar-refractivity contribution in [2.75, 3.05) is 0 Å². The van der Waals surface area contributed by atoms with Gasteiger partial charge in [0.15, 0.2) is 0 Å². The fraction of sp³-hybridized carbons (Fsp3) is 0.400. The molecule has 2 nitrogen and oxygen atoms in total. The minimum atomic E-state index is -1.41. The van der Waals surface area contributed by atoms with Crippen LogP contribution in [0.5, 0.6) is 0 Å². The summed E-state index contributed by atoms with van der Waals surface area (Å²) < 4.78 is 21.5. The maximum Gasteiger partial charge on any atom is 0.264 e. The van der Waals surface area contributed by atoms with Crippen LogP contribution in [0, 0.1) is 0 Å². The lowest BCUT2D eigenvalue weighted by Crippen LogP contribution is -2.10. The topological polar surface area (TPSA) is 34.1 Å². The minimum Gasteiger partial charge on any atom is -0.259 e. The number of benzene rings is 1. The number of hydrogen-bond donors (Lipinski definition) is 0. The minimum absolute atomic E-state index is 0.0925. The van der Waals surface area contributed by atoms with Crippen LogP contribution in [0.15, 0.2) is 29.2 Å². The molecule has 1 atom stereocenters. The SMILES string of the molecule is CC(C)(C)c1ccc(S(=O)P=O)cc1. The van der Waals surface area contributed by atoms with Crippen molar-refractivity contribution in [1.82, 2.24) is 0 Å². The van der Waals surface area contributed by atoms with Crippen molar-refractivity contribution < 1.29 is 8.77 Å². The van der Waals surface area contributed by atoms with E-state index in [2.05, 4.69) is 20.8 Å². The third kappa shape index (κ3) is 2.73. The summed E-state index contributed by atoms with van der Waals surface area (Å²) in [5.41, 5.74) is 1.27. The van der Waals surface area contributed by atoms with E-state index < -0.39 is 10.4 Å². The molecule has 0 aromatic heterocycles. The molecular formula is C10H13O2PS. The highest BCUT2D eigenvalue weighted by Crippen LogP contribution is 2.24. The highest BCUT2D eigenvalue weighted by molar-refractivity contribution is 8.35. The highest BCUT2D eigenvalue weighted by Gasteiger charge is 2.13. The van der Waals surface area contributed by atoms with Crippen LogP contribution >= 0.6 is 7.66 Å². The molecule has 0 spiro atoms. The average Bonchev–Trinajstić information content (AvgIpc) is 2.15. The molecule has 0 amide bonds. The first-order valence-corrected chi connectivity index (χ1v) is 6.87. The van der Waals surface area contributed by atoms with E-state index in [9.17, 15) is 8.77 Å². The second-order valence-electron chi connectivity index (χ2n) is 4.10. The van der Waals surface area contributed by atoms with Crippen molar-refractivity contribution in [2.24, 2.45) is 0 Å². The molecule has 0 aliphatic carbocycles. The molecule has 1 rings (SSSR count). The maximum atomic E-state index is 11.2. The molecule has 1 aromatic carbocycles. The van der Waals surface area contributed by atoms with E-state index in [4.69, 9.17) is 0 Å². The lowest BCUT2D eigenvalue weighted by molar-refractivity contribution is 0.589. The van der Waals surface area contributed by atoms with Gasteiger partial charge in [0.2, 0.25) is 0 Å². The summed E-state index contributed by atoms with van der Waals surface area (Å²) in [6.45, 7) is 6.35. The second kappa shape index (κ2) is 4.33. The molecular weight excluding hydrogens is 215 g/mol. The van der Waals surface area contributed by atoms with Crippen LogP contribution in [0.4, 0.5) is 0 Å². The van der Waals surface area contributed by atoms with E-state index in [-0.39, 0.29) is 13.1 Å². The molecule has 0 saturated carbocycles. The molecule has 1 unspecified atom stereocenters. The van der Waals surface area contributed by atoms with Crippen molar-refractivity contribution in [3.05, 3.63) is 29.8 Å². The molecule has 0 aliphatic heterocycles. The van der Waals surface area contributed by atoms with E-state index in [0.717, 1.165) is 0 Å². The summed E-state index contributed by atoms with van der Waals surface area (Å²) in [5, 5.41) is 0. The van der Waals surface area contributed by atoms with E-state index in [1.807, 2.05) is 12.1 Å². The highest BCUT2D eigenvalue weighted by atomic mass is 32.7. The Balaban J connectivity index is 3.00. The zero-order valence-electron chi connectivity index (χ0n) is 8.48. The predicted octanol–water partition coefficient (Wildman–Crippen LogP) is 3.30. The Morgan fingerprint density at radius 2 is 1.64 bits per heavy atom. The first-order chi connectivity index (χ1) is 6.45. The summed E-state index contributed by atoms with van der Waals surface area (Å²) in [5.74, 6) is 0. The summed E-state index contributed by atoms with van der Waals surface area (Å²) in [6, 6.07) is 7.39. The normalized spacial score (nSPS) is 14.2. The van der Waals surface area contributed by atoms with Crippen molar-refractivity contribution in [2.45, 2.75) is 31.1 Å². The Hall–Kier alpha value is -0.530. The molecule has 0 radical (unpaired) electrons. The van der Waals surface area contributed by atoms with E-state index >= 15 is 0 Å². The van der Waals surface area contributed by atoms with Gasteiger partial charge in [-0.1, -0.05) is 32.9 Å². The Kier molecular flexibility index (Phi) is 3.57. The van der Waals surface area contributed by atoms with Crippen LogP contribution in [-0.4, -0.2) is 4.21 Å². The fourth-order valence-corrected chi connectivity index (χ4v) is 2.19. The molecule has 4 heteroatoms. The van der Waals surface area contributed by atoms with Crippen LogP contribution < -0.4 is 0 Å². The van der Waals surface area contributed by atoms with Crippen LogP contribution in [0.3, 0.4) is 0 Å². The van der Waals surface area contributed by atoms with Crippen molar-refractivity contribution in [3.63, 3.8) is 0 Å². The molecule has 0 N–H and O–H groups in total. The van der Waals surface area contributed by atoms with E-state index in [1.54, 1.807) is 12.1 Å². The fourth-order valence-electron chi connectivity index (χ4n) is 1.11. The lowest BCUT2D eigenvalue weighted by atomic mass is 9.87. The Morgan fingerprint density at radius 1 is 1.14 bits per heavy atom. The van der Waals surface area contributed by atoms with Crippen LogP contribution in [0.2, 0.25) is 0 Å². The lowest BCUT2D eigenvalue weighted by Gasteiger charge is -2.18.